The first kappa shape index (κ1) is 33.5. The Kier molecular flexibility index (Phi) is 7.78. The summed E-state index contributed by atoms with van der Waals surface area (Å²) in [6.45, 7) is 3.70. The van der Waals surface area contributed by atoms with Crippen LogP contribution in [0.4, 0.5) is 26.3 Å². The molecule has 0 saturated heterocycles. The van der Waals surface area contributed by atoms with Crippen LogP contribution in [-0.2, 0) is 14.9 Å². The summed E-state index contributed by atoms with van der Waals surface area (Å²) in [5, 5.41) is -0.603. The molecule has 0 aliphatic carbocycles. The summed E-state index contributed by atoms with van der Waals surface area (Å²) < 4.78 is 111. The van der Waals surface area contributed by atoms with E-state index < -0.39 is 57.8 Å². The van der Waals surface area contributed by atoms with Crippen LogP contribution in [0.5, 0.6) is 23.0 Å². The third kappa shape index (κ3) is 5.36. The average Bonchev–Trinajstić information content (AvgIpc) is 3.43. The maximum Gasteiger partial charge on any atom is 0.411 e. The minimum atomic E-state index is -5.95. The van der Waals surface area contributed by atoms with Crippen molar-refractivity contribution < 1.29 is 64.5 Å². The lowest BCUT2D eigenvalue weighted by Crippen LogP contribution is -2.55. The number of hydrogen-bond acceptors (Lipinski definition) is 8. The predicted octanol–water partition coefficient (Wildman–Crippen LogP) is 8.88. The molecule has 0 aromatic heterocycles. The molecule has 49 heavy (non-hydrogen) atoms. The van der Waals surface area contributed by atoms with Crippen molar-refractivity contribution in [1.29, 1.82) is 0 Å². The fourth-order valence-corrected chi connectivity index (χ4v) is 6.18. The van der Waals surface area contributed by atoms with Crippen molar-refractivity contribution in [3.63, 3.8) is 0 Å². The molecule has 8 nitrogen and oxygen atoms in total. The van der Waals surface area contributed by atoms with Gasteiger partial charge in [0, 0.05) is 0 Å². The molecule has 2 aliphatic heterocycles. The third-order valence-electron chi connectivity index (χ3n) is 8.08. The molecular weight excluding hydrogens is 686 g/mol. The fraction of sp³-hybridized carbons (Fsp3) is 0.176. The number of esters is 4. The van der Waals surface area contributed by atoms with E-state index in [4.69, 9.17) is 21.1 Å². The number of ether oxygens (including phenoxy) is 4. The van der Waals surface area contributed by atoms with Gasteiger partial charge in [-0.05, 0) is 91.1 Å². The molecule has 0 atom stereocenters. The Labute approximate surface area is 277 Å². The molecule has 6 rings (SSSR count). The zero-order valence-electron chi connectivity index (χ0n) is 25.2. The first-order chi connectivity index (χ1) is 22.8. The van der Waals surface area contributed by atoms with Crippen molar-refractivity contribution in [3.8, 4) is 23.0 Å². The molecule has 4 aromatic rings. The van der Waals surface area contributed by atoms with Crippen LogP contribution in [0.3, 0.4) is 0 Å². The van der Waals surface area contributed by atoms with E-state index in [-0.39, 0.29) is 61.9 Å². The first-order valence-corrected chi connectivity index (χ1v) is 14.4. The summed E-state index contributed by atoms with van der Waals surface area (Å²) in [5.41, 5.74) is -7.77. The number of fused-ring (bicyclic) bond motifs is 2. The maximum atomic E-state index is 15.1. The Morgan fingerprint density at radius 2 is 0.898 bits per heavy atom. The molecule has 2 heterocycles. The number of cyclic esters (lactones) is 4. The Morgan fingerprint density at radius 1 is 0.531 bits per heavy atom. The zero-order valence-corrected chi connectivity index (χ0v) is 25.9. The van der Waals surface area contributed by atoms with Crippen LogP contribution in [0.2, 0.25) is 5.02 Å². The number of aryl methyl sites for hydroxylation is 3. The summed E-state index contributed by atoms with van der Waals surface area (Å²) in [6.07, 6.45) is -11.9. The van der Waals surface area contributed by atoms with Gasteiger partial charge in [-0.3, -0.25) is 0 Å². The van der Waals surface area contributed by atoms with Gasteiger partial charge in [-0.1, -0.05) is 29.8 Å². The second-order valence-electron chi connectivity index (χ2n) is 11.3. The molecule has 0 radical (unpaired) electrons. The summed E-state index contributed by atoms with van der Waals surface area (Å²) in [5.74, 6) is -4.15. The summed E-state index contributed by atoms with van der Waals surface area (Å²) in [6, 6.07) is 9.88. The molecule has 252 valence electrons. The first-order valence-electron chi connectivity index (χ1n) is 14.1. The molecule has 0 spiro atoms. The van der Waals surface area contributed by atoms with Crippen LogP contribution < -0.4 is 9.47 Å². The molecule has 0 fully saturated rings. The summed E-state index contributed by atoms with van der Waals surface area (Å²) in [4.78, 5) is 47.4. The number of rotatable bonds is 6. The number of alkyl halides is 6. The van der Waals surface area contributed by atoms with Gasteiger partial charge in [-0.2, -0.15) is 26.3 Å². The van der Waals surface area contributed by atoms with Crippen LogP contribution in [0, 0.1) is 20.8 Å². The van der Waals surface area contributed by atoms with Gasteiger partial charge in [0.1, 0.15) is 23.0 Å². The topological polar surface area (TPSA) is 105 Å². The standard InChI is InChI=1S/C34H19ClF6O8/c1-14-8-17(9-15(2)26(14)46-19-4-6-21-23(12-19)30(44)48-28(21)42)32(33(36,37)38,34(39,40)41)18-10-16(3)27(25(35)11-18)47-20-5-7-22-24(13-20)31(45)49-29(22)43/h4-13H,1-3H3. The Balaban J connectivity index is 1.43. The van der Waals surface area contributed by atoms with Crippen LogP contribution in [0.15, 0.2) is 60.7 Å². The van der Waals surface area contributed by atoms with E-state index in [0.717, 1.165) is 6.07 Å². The van der Waals surface area contributed by atoms with Gasteiger partial charge in [0.05, 0.1) is 27.3 Å². The summed E-state index contributed by atoms with van der Waals surface area (Å²) >= 11 is 6.31. The molecule has 2 aliphatic rings. The highest BCUT2D eigenvalue weighted by Crippen LogP contribution is 2.58. The minimum absolute atomic E-state index is 0.0212. The zero-order chi connectivity index (χ0) is 35.8. The monoisotopic (exact) mass is 704 g/mol. The van der Waals surface area contributed by atoms with Crippen molar-refractivity contribution in [3.05, 3.63) is 116 Å². The molecule has 0 N–H and O–H groups in total. The fourth-order valence-electron chi connectivity index (χ4n) is 5.88. The van der Waals surface area contributed by atoms with Gasteiger partial charge < -0.3 is 18.9 Å². The second kappa shape index (κ2) is 11.4. The lowest BCUT2D eigenvalue weighted by molar-refractivity contribution is -0.288. The molecular formula is C34H19ClF6O8. The van der Waals surface area contributed by atoms with Crippen LogP contribution in [0.1, 0.15) is 69.2 Å². The lowest BCUT2D eigenvalue weighted by Gasteiger charge is -2.39. The van der Waals surface area contributed by atoms with Gasteiger partial charge in [-0.15, -0.1) is 0 Å². The van der Waals surface area contributed by atoms with Gasteiger partial charge in [0.25, 0.3) is 0 Å². The van der Waals surface area contributed by atoms with Crippen molar-refractivity contribution in [1.82, 2.24) is 0 Å². The largest absolute Gasteiger partial charge is 0.457 e. The molecule has 4 aromatic carbocycles. The van der Waals surface area contributed by atoms with E-state index in [1.165, 1.54) is 51.1 Å². The van der Waals surface area contributed by atoms with E-state index in [1.807, 2.05) is 0 Å². The van der Waals surface area contributed by atoms with E-state index in [9.17, 15) is 19.2 Å². The second-order valence-corrected chi connectivity index (χ2v) is 11.7. The van der Waals surface area contributed by atoms with Gasteiger partial charge >= 0.3 is 36.2 Å². The Hall–Kier alpha value is -5.37. The Bertz CT molecular complexity index is 1940. The van der Waals surface area contributed by atoms with Crippen molar-refractivity contribution in [2.75, 3.05) is 0 Å². The highest BCUT2D eigenvalue weighted by atomic mass is 35.5. The highest BCUT2D eigenvalue weighted by Gasteiger charge is 2.72. The molecule has 0 bridgehead atoms. The smallest absolute Gasteiger partial charge is 0.411 e. The van der Waals surface area contributed by atoms with Crippen LogP contribution >= 0.6 is 11.6 Å². The van der Waals surface area contributed by atoms with Gasteiger partial charge in [0.2, 0.25) is 5.41 Å². The number of halogens is 7. The normalized spacial score (nSPS) is 14.4. The highest BCUT2D eigenvalue weighted by molar-refractivity contribution is 6.32. The van der Waals surface area contributed by atoms with Crippen LogP contribution in [0.25, 0.3) is 0 Å². The van der Waals surface area contributed by atoms with Crippen LogP contribution in [-0.4, -0.2) is 36.2 Å². The van der Waals surface area contributed by atoms with E-state index in [1.54, 1.807) is 0 Å². The van der Waals surface area contributed by atoms with Crippen molar-refractivity contribution in [2.45, 2.75) is 38.5 Å². The number of carbonyl (C=O) groups is 4. The molecule has 0 unspecified atom stereocenters. The molecule has 0 saturated carbocycles. The van der Waals surface area contributed by atoms with E-state index in [0.29, 0.717) is 24.3 Å². The molecule has 0 amide bonds. The number of carbonyl (C=O) groups excluding carboxylic acids is 4. The van der Waals surface area contributed by atoms with Crippen molar-refractivity contribution >= 4 is 35.5 Å². The maximum absolute atomic E-state index is 15.1. The third-order valence-corrected chi connectivity index (χ3v) is 8.36. The molecule has 15 heteroatoms. The summed E-state index contributed by atoms with van der Waals surface area (Å²) in [7, 11) is 0. The predicted molar refractivity (Wildman–Crippen MR) is 158 cm³/mol. The number of hydrogen-bond donors (Lipinski definition) is 0. The van der Waals surface area contributed by atoms with Gasteiger partial charge in [0.15, 0.2) is 0 Å². The average molecular weight is 705 g/mol. The SMILES string of the molecule is Cc1cc(C(c2cc(C)c(Oc3ccc4c(c3)C(=O)OC4=O)c(Cl)c2)(C(F)(F)F)C(F)(F)F)cc(C)c1Oc1ccc2c(c1)C(=O)OC2=O. The quantitative estimate of drug-likeness (QED) is 0.111. The minimum Gasteiger partial charge on any atom is -0.457 e. The van der Waals surface area contributed by atoms with E-state index >= 15 is 26.3 Å². The van der Waals surface area contributed by atoms with E-state index in [2.05, 4.69) is 9.47 Å². The number of benzene rings is 4. The lowest BCUT2D eigenvalue weighted by atomic mass is 9.71. The van der Waals surface area contributed by atoms with Crippen molar-refractivity contribution in [2.24, 2.45) is 0 Å². The Morgan fingerprint density at radius 3 is 1.31 bits per heavy atom. The van der Waals surface area contributed by atoms with Gasteiger partial charge in [-0.25, -0.2) is 19.2 Å².